The molecule has 1 unspecified atom stereocenters. The Morgan fingerprint density at radius 2 is 2.08 bits per heavy atom. The van der Waals surface area contributed by atoms with Crippen molar-refractivity contribution >= 4 is 34.0 Å². The van der Waals surface area contributed by atoms with Crippen molar-refractivity contribution in [2.45, 2.75) is 10.1 Å². The van der Waals surface area contributed by atoms with Crippen LogP contribution < -0.4 is 10.7 Å². The monoisotopic (exact) mass is 404 g/mol. The van der Waals surface area contributed by atoms with Gasteiger partial charge in [0, 0.05) is 0 Å². The Morgan fingerprint density at radius 1 is 1.31 bits per heavy atom. The van der Waals surface area contributed by atoms with Crippen LogP contribution in [0.4, 0.5) is 0 Å². The summed E-state index contributed by atoms with van der Waals surface area (Å²) in [7, 11) is -3.87. The van der Waals surface area contributed by atoms with Gasteiger partial charge in [0.05, 0.1) is 15.0 Å². The number of thiophene rings is 1. The third-order valence-corrected chi connectivity index (χ3v) is 5.90. The van der Waals surface area contributed by atoms with Crippen molar-refractivity contribution in [3.63, 3.8) is 0 Å². The smallest absolute Gasteiger partial charge is 0.269 e. The van der Waals surface area contributed by atoms with Crippen LogP contribution in [0.25, 0.3) is 10.6 Å². The summed E-state index contributed by atoms with van der Waals surface area (Å²) in [6.45, 7) is 0. The first kappa shape index (κ1) is 18.3. The Balaban J connectivity index is 2.13. The van der Waals surface area contributed by atoms with Gasteiger partial charge in [-0.15, -0.1) is 11.3 Å². The summed E-state index contributed by atoms with van der Waals surface area (Å²) in [6.07, 6.45) is 0. The number of hydrogen-bond acceptors (Lipinski definition) is 7. The van der Waals surface area contributed by atoms with Crippen molar-refractivity contribution in [2.75, 3.05) is 0 Å². The quantitative estimate of drug-likeness (QED) is 0.573. The van der Waals surface area contributed by atoms with Crippen molar-refractivity contribution < 1.29 is 8.42 Å². The van der Waals surface area contributed by atoms with Gasteiger partial charge in [0.1, 0.15) is 23.2 Å². The molecule has 0 aliphatic carbocycles. The Hall–Kier alpha value is -2.45. The number of hydrogen-bond donors (Lipinski definition) is 3. The first-order chi connectivity index (χ1) is 12.3. The number of sulfonamides is 1. The van der Waals surface area contributed by atoms with E-state index in [1.165, 1.54) is 29.5 Å². The van der Waals surface area contributed by atoms with Gasteiger partial charge in [-0.1, -0.05) is 18.2 Å². The highest BCUT2D eigenvalue weighted by Gasteiger charge is 2.20. The fourth-order valence-corrected chi connectivity index (χ4v) is 3.91. The predicted molar refractivity (Wildman–Crippen MR) is 102 cm³/mol. The molecule has 3 rings (SSSR count). The molecule has 1 aromatic carbocycles. The molecule has 1 atom stereocenters. The second-order valence-electron chi connectivity index (χ2n) is 5.28. The Labute approximate surface area is 158 Å². The lowest BCUT2D eigenvalue weighted by Crippen LogP contribution is -2.18. The second-order valence-corrected chi connectivity index (χ2v) is 8.31. The highest BCUT2D eigenvalue weighted by atomic mass is 32.2. The van der Waals surface area contributed by atoms with Gasteiger partial charge in [0.15, 0.2) is 0 Å². The number of nitriles is 1. The molecule has 0 fully saturated rings. The average Bonchev–Trinajstić information content (AvgIpc) is 3.14. The zero-order valence-corrected chi connectivity index (χ0v) is 15.6. The van der Waals surface area contributed by atoms with Crippen LogP contribution in [0.15, 0.2) is 51.5 Å². The van der Waals surface area contributed by atoms with Crippen molar-refractivity contribution in [1.29, 1.82) is 5.26 Å². The van der Waals surface area contributed by atoms with Crippen LogP contribution in [0.1, 0.15) is 22.2 Å². The van der Waals surface area contributed by atoms with E-state index in [1.807, 2.05) is 11.4 Å². The van der Waals surface area contributed by atoms with Crippen LogP contribution in [-0.2, 0) is 10.0 Å². The van der Waals surface area contributed by atoms with Gasteiger partial charge >= 0.3 is 0 Å². The number of nitrogens with one attached hydrogen (secondary N) is 1. The molecule has 26 heavy (non-hydrogen) atoms. The largest absolute Gasteiger partial charge is 0.308 e. The van der Waals surface area contributed by atoms with Crippen LogP contribution >= 0.6 is 24.0 Å². The number of thiol groups is 1. The topological polar surface area (TPSA) is 130 Å². The lowest BCUT2D eigenvalue weighted by Gasteiger charge is -2.13. The maximum atomic E-state index is 12.3. The lowest BCUT2D eigenvalue weighted by atomic mass is 10.1. The molecular weight excluding hydrogens is 392 g/mol. The molecule has 0 radical (unpaired) electrons. The van der Waals surface area contributed by atoms with Gasteiger partial charge in [0.25, 0.3) is 5.56 Å². The van der Waals surface area contributed by atoms with E-state index in [4.69, 9.17) is 5.14 Å². The molecule has 2 heterocycles. The van der Waals surface area contributed by atoms with Crippen molar-refractivity contribution in [1.82, 2.24) is 9.97 Å². The molecule has 7 nitrogen and oxygen atoms in total. The number of benzene rings is 1. The van der Waals surface area contributed by atoms with E-state index in [0.717, 1.165) is 0 Å². The lowest BCUT2D eigenvalue weighted by molar-refractivity contribution is 0.597. The summed E-state index contributed by atoms with van der Waals surface area (Å²) in [4.78, 5) is 19.8. The fourth-order valence-electron chi connectivity index (χ4n) is 2.33. The molecule has 0 bridgehead atoms. The van der Waals surface area contributed by atoms with Crippen LogP contribution in [0.5, 0.6) is 0 Å². The van der Waals surface area contributed by atoms with Gasteiger partial charge in [0.2, 0.25) is 10.0 Å². The summed E-state index contributed by atoms with van der Waals surface area (Å²) in [5.74, 6) is 0.201. The molecule has 0 spiro atoms. The summed E-state index contributed by atoms with van der Waals surface area (Å²) >= 11 is 5.81. The normalized spacial score (nSPS) is 12.5. The minimum Gasteiger partial charge on any atom is -0.308 e. The molecule has 0 amide bonds. The van der Waals surface area contributed by atoms with Crippen LogP contribution in [0, 0.1) is 11.3 Å². The standard InChI is InChI=1S/C16H12N4O3S3/c17-8-11-13(12-5-2-6-25-12)19-15(20-16(11)21)14(24)9-3-1-4-10(7-9)26(18,22)23/h1-7,14,24H,(H2,18,22,23)(H,19,20,21). The molecule has 132 valence electrons. The molecule has 3 aromatic rings. The van der Waals surface area contributed by atoms with Crippen LogP contribution in [-0.4, -0.2) is 18.4 Å². The molecular formula is C16H12N4O3S3. The van der Waals surface area contributed by atoms with Crippen molar-refractivity contribution in [2.24, 2.45) is 5.14 Å². The number of rotatable bonds is 4. The van der Waals surface area contributed by atoms with Gasteiger partial charge in [-0.2, -0.15) is 17.9 Å². The van der Waals surface area contributed by atoms with E-state index >= 15 is 0 Å². The molecule has 10 heteroatoms. The number of H-pyrrole nitrogens is 1. The zero-order valence-electron chi connectivity index (χ0n) is 13.1. The van der Waals surface area contributed by atoms with Gasteiger partial charge < -0.3 is 4.98 Å². The number of primary sulfonamides is 1. The highest BCUT2D eigenvalue weighted by molar-refractivity contribution is 7.89. The van der Waals surface area contributed by atoms with Crippen molar-refractivity contribution in [3.8, 4) is 16.6 Å². The zero-order chi connectivity index (χ0) is 18.9. The van der Waals surface area contributed by atoms with Gasteiger partial charge in [-0.25, -0.2) is 18.5 Å². The van der Waals surface area contributed by atoms with E-state index < -0.39 is 20.8 Å². The first-order valence-corrected chi connectivity index (χ1v) is 10.1. The molecule has 0 aliphatic heterocycles. The predicted octanol–water partition coefficient (Wildman–Crippen LogP) is 2.04. The Morgan fingerprint density at radius 3 is 2.69 bits per heavy atom. The average molecular weight is 404 g/mol. The molecule has 0 aliphatic rings. The van der Waals surface area contributed by atoms with E-state index in [9.17, 15) is 18.5 Å². The summed E-state index contributed by atoms with van der Waals surface area (Å²) in [6, 6.07) is 11.3. The van der Waals surface area contributed by atoms with E-state index in [2.05, 4.69) is 22.6 Å². The summed E-state index contributed by atoms with van der Waals surface area (Å²) in [5, 5.41) is 15.5. The first-order valence-electron chi connectivity index (χ1n) is 7.20. The minimum atomic E-state index is -3.87. The van der Waals surface area contributed by atoms with E-state index in [1.54, 1.807) is 18.2 Å². The molecule has 0 saturated heterocycles. The maximum Gasteiger partial charge on any atom is 0.269 e. The Bertz CT molecular complexity index is 1160. The summed E-state index contributed by atoms with van der Waals surface area (Å²) in [5.41, 5.74) is 0.0883. The third kappa shape index (κ3) is 3.56. The molecule has 3 N–H and O–H groups in total. The van der Waals surface area contributed by atoms with E-state index in [0.29, 0.717) is 10.4 Å². The van der Waals surface area contributed by atoms with Crippen molar-refractivity contribution in [3.05, 3.63) is 69.1 Å². The highest BCUT2D eigenvalue weighted by Crippen LogP contribution is 2.30. The van der Waals surface area contributed by atoms with Gasteiger partial charge in [-0.05, 0) is 29.1 Å². The fraction of sp³-hybridized carbons (Fsp3) is 0.0625. The van der Waals surface area contributed by atoms with Crippen LogP contribution in [0.2, 0.25) is 0 Å². The Kier molecular flexibility index (Phi) is 4.97. The number of nitrogens with two attached hydrogens (primary N) is 1. The molecule has 2 aromatic heterocycles. The maximum absolute atomic E-state index is 12.3. The second kappa shape index (κ2) is 7.05. The summed E-state index contributed by atoms with van der Waals surface area (Å²) < 4.78 is 23.1. The van der Waals surface area contributed by atoms with E-state index in [-0.39, 0.29) is 22.0 Å². The number of aromatic amines is 1. The van der Waals surface area contributed by atoms with Gasteiger partial charge in [-0.3, -0.25) is 4.79 Å². The van der Waals surface area contributed by atoms with Crippen LogP contribution in [0.3, 0.4) is 0 Å². The molecule has 0 saturated carbocycles. The SMILES string of the molecule is N#Cc1c(-c2cccs2)nc(C(S)c2cccc(S(N)(=O)=O)c2)[nH]c1=O. The third-order valence-electron chi connectivity index (χ3n) is 3.57. The number of aromatic nitrogens is 2. The minimum absolute atomic E-state index is 0.0662. The number of nitrogens with zero attached hydrogens (tertiary/aromatic N) is 2.